The SMILES string of the molecule is CC1(C)CCCC(C)(C)C1.O=C(O)O. The van der Waals surface area contributed by atoms with Crippen LogP contribution in [-0.4, -0.2) is 16.4 Å². The van der Waals surface area contributed by atoms with E-state index in [0.29, 0.717) is 10.8 Å². The van der Waals surface area contributed by atoms with Gasteiger partial charge in [-0.2, -0.15) is 0 Å². The molecule has 2 N–H and O–H groups in total. The third-order valence-electron chi connectivity index (χ3n) is 2.66. The molecule has 0 saturated heterocycles. The predicted molar refractivity (Wildman–Crippen MR) is 56.7 cm³/mol. The monoisotopic (exact) mass is 202 g/mol. The Morgan fingerprint density at radius 2 is 1.29 bits per heavy atom. The zero-order valence-electron chi connectivity index (χ0n) is 9.63. The normalized spacial score (nSPS) is 23.1. The van der Waals surface area contributed by atoms with Gasteiger partial charge in [0.05, 0.1) is 0 Å². The van der Waals surface area contributed by atoms with Crippen LogP contribution < -0.4 is 0 Å². The highest BCUT2D eigenvalue weighted by molar-refractivity contribution is 5.53. The van der Waals surface area contributed by atoms with Gasteiger partial charge in [0, 0.05) is 0 Å². The molecule has 0 amide bonds. The molecule has 1 saturated carbocycles. The molecule has 0 aromatic heterocycles. The van der Waals surface area contributed by atoms with E-state index in [1.165, 1.54) is 25.7 Å². The van der Waals surface area contributed by atoms with Crippen LogP contribution in [0.15, 0.2) is 0 Å². The van der Waals surface area contributed by atoms with E-state index >= 15 is 0 Å². The number of carbonyl (C=O) groups is 1. The second-order valence-corrected chi connectivity index (χ2v) is 5.64. The fourth-order valence-electron chi connectivity index (χ4n) is 2.52. The number of rotatable bonds is 0. The van der Waals surface area contributed by atoms with Gasteiger partial charge in [0.25, 0.3) is 0 Å². The van der Waals surface area contributed by atoms with Crippen molar-refractivity contribution in [3.8, 4) is 0 Å². The molecule has 84 valence electrons. The van der Waals surface area contributed by atoms with E-state index < -0.39 is 6.16 Å². The van der Waals surface area contributed by atoms with Crippen molar-refractivity contribution in [2.45, 2.75) is 53.4 Å². The van der Waals surface area contributed by atoms with E-state index in [1.807, 2.05) is 0 Å². The van der Waals surface area contributed by atoms with E-state index in [1.54, 1.807) is 0 Å². The lowest BCUT2D eigenvalue weighted by Gasteiger charge is -2.40. The lowest BCUT2D eigenvalue weighted by atomic mass is 9.65. The molecule has 0 aromatic rings. The van der Waals surface area contributed by atoms with Gasteiger partial charge in [-0.25, -0.2) is 4.79 Å². The van der Waals surface area contributed by atoms with Crippen molar-refractivity contribution in [2.24, 2.45) is 10.8 Å². The third kappa shape index (κ3) is 6.75. The third-order valence-corrected chi connectivity index (χ3v) is 2.66. The van der Waals surface area contributed by atoms with Gasteiger partial charge in [-0.1, -0.05) is 34.1 Å². The maximum Gasteiger partial charge on any atom is 0.503 e. The van der Waals surface area contributed by atoms with Crippen LogP contribution in [0.4, 0.5) is 4.79 Å². The maximum absolute atomic E-state index is 8.56. The Kier molecular flexibility index (Phi) is 4.43. The molecular weight excluding hydrogens is 180 g/mol. The van der Waals surface area contributed by atoms with Crippen molar-refractivity contribution >= 4 is 6.16 Å². The average Bonchev–Trinajstić information content (AvgIpc) is 1.78. The fourth-order valence-corrected chi connectivity index (χ4v) is 2.52. The molecule has 1 rings (SSSR count). The van der Waals surface area contributed by atoms with E-state index in [4.69, 9.17) is 15.0 Å². The highest BCUT2D eigenvalue weighted by Crippen LogP contribution is 2.45. The summed E-state index contributed by atoms with van der Waals surface area (Å²) in [4.78, 5) is 8.56. The summed E-state index contributed by atoms with van der Waals surface area (Å²) < 4.78 is 0. The van der Waals surface area contributed by atoms with Crippen molar-refractivity contribution in [3.63, 3.8) is 0 Å². The minimum atomic E-state index is -1.83. The minimum absolute atomic E-state index is 0.613. The van der Waals surface area contributed by atoms with Gasteiger partial charge in [0.1, 0.15) is 0 Å². The number of carboxylic acid groups (broad SMARTS) is 2. The first-order chi connectivity index (χ1) is 6.15. The Hall–Kier alpha value is -0.730. The molecule has 3 nitrogen and oxygen atoms in total. The second-order valence-electron chi connectivity index (χ2n) is 5.64. The fraction of sp³-hybridized carbons (Fsp3) is 0.909. The highest BCUT2D eigenvalue weighted by atomic mass is 16.6. The number of hydrogen-bond acceptors (Lipinski definition) is 1. The van der Waals surface area contributed by atoms with Gasteiger partial charge in [0.15, 0.2) is 0 Å². The molecule has 1 fully saturated rings. The van der Waals surface area contributed by atoms with Crippen LogP contribution in [0.2, 0.25) is 0 Å². The van der Waals surface area contributed by atoms with Gasteiger partial charge in [0.2, 0.25) is 0 Å². The molecule has 0 spiro atoms. The first-order valence-corrected chi connectivity index (χ1v) is 5.07. The molecule has 0 unspecified atom stereocenters. The zero-order valence-corrected chi connectivity index (χ0v) is 9.63. The average molecular weight is 202 g/mol. The highest BCUT2D eigenvalue weighted by Gasteiger charge is 2.32. The van der Waals surface area contributed by atoms with Crippen LogP contribution in [0.25, 0.3) is 0 Å². The molecular formula is C11H22O3. The molecule has 1 aliphatic carbocycles. The Bertz CT molecular complexity index is 177. The summed E-state index contributed by atoms with van der Waals surface area (Å²) in [7, 11) is 0. The summed E-state index contributed by atoms with van der Waals surface area (Å²) in [5.41, 5.74) is 1.23. The largest absolute Gasteiger partial charge is 0.503 e. The van der Waals surface area contributed by atoms with Crippen LogP contribution in [0.3, 0.4) is 0 Å². The molecule has 14 heavy (non-hydrogen) atoms. The van der Waals surface area contributed by atoms with E-state index in [-0.39, 0.29) is 0 Å². The first-order valence-electron chi connectivity index (χ1n) is 5.07. The van der Waals surface area contributed by atoms with Crippen molar-refractivity contribution in [2.75, 3.05) is 0 Å². The molecule has 0 aliphatic heterocycles. The zero-order chi connectivity index (χ0) is 11.4. The van der Waals surface area contributed by atoms with Crippen LogP contribution in [0.1, 0.15) is 53.4 Å². The summed E-state index contributed by atoms with van der Waals surface area (Å²) in [5, 5.41) is 13.9. The summed E-state index contributed by atoms with van der Waals surface area (Å²) in [6.07, 6.45) is 3.85. The summed E-state index contributed by atoms with van der Waals surface area (Å²) >= 11 is 0. The van der Waals surface area contributed by atoms with Crippen molar-refractivity contribution in [1.29, 1.82) is 0 Å². The molecule has 0 aromatic carbocycles. The van der Waals surface area contributed by atoms with Crippen molar-refractivity contribution < 1.29 is 15.0 Å². The molecule has 1 aliphatic rings. The molecule has 3 heteroatoms. The molecule has 0 heterocycles. The van der Waals surface area contributed by atoms with Crippen LogP contribution in [-0.2, 0) is 0 Å². The van der Waals surface area contributed by atoms with Crippen LogP contribution in [0, 0.1) is 10.8 Å². The Morgan fingerprint density at radius 3 is 1.43 bits per heavy atom. The lowest BCUT2D eigenvalue weighted by Crippen LogP contribution is -2.28. The van der Waals surface area contributed by atoms with Crippen LogP contribution in [0.5, 0.6) is 0 Å². The second kappa shape index (κ2) is 4.67. The topological polar surface area (TPSA) is 57.5 Å². The predicted octanol–water partition coefficient (Wildman–Crippen LogP) is 3.84. The Morgan fingerprint density at radius 1 is 1.00 bits per heavy atom. The summed E-state index contributed by atoms with van der Waals surface area (Å²) in [6, 6.07) is 0. The van der Waals surface area contributed by atoms with E-state index in [0.717, 1.165) is 0 Å². The minimum Gasteiger partial charge on any atom is -0.450 e. The molecule has 0 radical (unpaired) electrons. The summed E-state index contributed by atoms with van der Waals surface area (Å²) in [5.74, 6) is 0. The van der Waals surface area contributed by atoms with Gasteiger partial charge in [-0.3, -0.25) is 0 Å². The molecule has 0 atom stereocenters. The van der Waals surface area contributed by atoms with E-state index in [2.05, 4.69) is 27.7 Å². The van der Waals surface area contributed by atoms with Gasteiger partial charge in [-0.05, 0) is 30.1 Å². The smallest absolute Gasteiger partial charge is 0.450 e. The Balaban J connectivity index is 0.000000364. The Labute approximate surface area is 86.1 Å². The van der Waals surface area contributed by atoms with Crippen LogP contribution >= 0.6 is 0 Å². The maximum atomic E-state index is 8.56. The van der Waals surface area contributed by atoms with Crippen molar-refractivity contribution in [1.82, 2.24) is 0 Å². The van der Waals surface area contributed by atoms with E-state index in [9.17, 15) is 0 Å². The lowest BCUT2D eigenvalue weighted by molar-refractivity contribution is 0.116. The van der Waals surface area contributed by atoms with Gasteiger partial charge in [-0.15, -0.1) is 0 Å². The standard InChI is InChI=1S/C10H20.CH2O3/c1-9(2)6-5-7-10(3,4)8-9;2-1(3)4/h5-8H2,1-4H3;(H2,2,3,4). The van der Waals surface area contributed by atoms with Gasteiger partial charge >= 0.3 is 6.16 Å². The number of hydrogen-bond donors (Lipinski definition) is 2. The van der Waals surface area contributed by atoms with Crippen molar-refractivity contribution in [3.05, 3.63) is 0 Å². The summed E-state index contributed by atoms with van der Waals surface area (Å²) in [6.45, 7) is 9.59. The molecule has 0 bridgehead atoms. The van der Waals surface area contributed by atoms with Gasteiger partial charge < -0.3 is 10.2 Å². The first kappa shape index (κ1) is 13.3. The quantitative estimate of drug-likeness (QED) is 0.627.